The minimum atomic E-state index is -0.541. The number of benzene rings is 2. The van der Waals surface area contributed by atoms with Gasteiger partial charge in [0.05, 0.1) is 0 Å². The van der Waals surface area contributed by atoms with Gasteiger partial charge in [-0.1, -0.05) is 18.2 Å². The molecular weight excluding hydrogens is 334 g/mol. The van der Waals surface area contributed by atoms with E-state index in [0.29, 0.717) is 30.1 Å². The van der Waals surface area contributed by atoms with Gasteiger partial charge < -0.3 is 4.90 Å². The topological polar surface area (TPSA) is 23.6 Å². The summed E-state index contributed by atoms with van der Waals surface area (Å²) in [5.41, 5.74) is 1.36. The summed E-state index contributed by atoms with van der Waals surface area (Å²) in [5, 5.41) is 0. The van der Waals surface area contributed by atoms with Gasteiger partial charge in [-0.3, -0.25) is 9.69 Å². The van der Waals surface area contributed by atoms with Crippen molar-refractivity contribution in [1.29, 1.82) is 0 Å². The third-order valence-electron chi connectivity index (χ3n) is 5.44. The molecule has 3 nitrogen and oxygen atoms in total. The zero-order valence-electron chi connectivity index (χ0n) is 14.6. The number of piperidine rings is 1. The van der Waals surface area contributed by atoms with Crippen LogP contribution < -0.4 is 0 Å². The van der Waals surface area contributed by atoms with E-state index < -0.39 is 11.6 Å². The molecule has 2 aromatic carbocycles. The van der Waals surface area contributed by atoms with Crippen LogP contribution >= 0.6 is 0 Å². The van der Waals surface area contributed by atoms with Crippen LogP contribution in [0.4, 0.5) is 8.78 Å². The van der Waals surface area contributed by atoms with Crippen LogP contribution in [0.5, 0.6) is 0 Å². The third kappa shape index (κ3) is 3.63. The lowest BCUT2D eigenvalue weighted by atomic mass is 9.94. The highest BCUT2D eigenvalue weighted by molar-refractivity contribution is 5.94. The molecule has 0 radical (unpaired) electrons. The summed E-state index contributed by atoms with van der Waals surface area (Å²) >= 11 is 0. The molecule has 5 rings (SSSR count). The Bertz CT molecular complexity index is 776. The predicted octanol–water partition coefficient (Wildman–Crippen LogP) is 3.70. The standard InChI is InChI=1S/C21H22F2N2O/c22-18-8-16(9-19(23)10-18)13-24-11-15-6-7-20(24)14-25(12-15)21(26)17-4-2-1-3-5-17/h1-5,8-10,15,20H,6-7,11-14H2/t15-,20-/m0/s1. The molecule has 26 heavy (non-hydrogen) atoms. The molecule has 1 amide bonds. The van der Waals surface area contributed by atoms with Crippen molar-refractivity contribution >= 4 is 5.91 Å². The summed E-state index contributed by atoms with van der Waals surface area (Å²) in [4.78, 5) is 17.1. The molecule has 0 unspecified atom stereocenters. The lowest BCUT2D eigenvalue weighted by Crippen LogP contribution is -2.43. The Balaban J connectivity index is 1.50. The van der Waals surface area contributed by atoms with Crippen molar-refractivity contribution in [2.45, 2.75) is 25.4 Å². The van der Waals surface area contributed by atoms with Gasteiger partial charge in [0, 0.05) is 43.9 Å². The van der Waals surface area contributed by atoms with Gasteiger partial charge in [0.25, 0.3) is 5.91 Å². The number of hydrogen-bond acceptors (Lipinski definition) is 2. The lowest BCUT2D eigenvalue weighted by Gasteiger charge is -2.36. The van der Waals surface area contributed by atoms with E-state index in [4.69, 9.17) is 0 Å². The fourth-order valence-corrected chi connectivity index (χ4v) is 4.24. The second-order valence-electron chi connectivity index (χ2n) is 7.38. The van der Waals surface area contributed by atoms with Crippen molar-refractivity contribution in [2.75, 3.05) is 19.6 Å². The first-order valence-corrected chi connectivity index (χ1v) is 9.12. The molecule has 3 aliphatic heterocycles. The fourth-order valence-electron chi connectivity index (χ4n) is 4.24. The molecule has 3 aliphatic rings. The van der Waals surface area contributed by atoms with E-state index in [1.807, 2.05) is 35.2 Å². The molecule has 3 saturated heterocycles. The van der Waals surface area contributed by atoms with Gasteiger partial charge in [0.1, 0.15) is 11.6 Å². The van der Waals surface area contributed by atoms with Gasteiger partial charge in [-0.05, 0) is 48.6 Å². The van der Waals surface area contributed by atoms with E-state index in [-0.39, 0.29) is 11.9 Å². The van der Waals surface area contributed by atoms with E-state index in [1.165, 1.54) is 12.1 Å². The maximum absolute atomic E-state index is 13.5. The molecule has 0 N–H and O–H groups in total. The summed E-state index contributed by atoms with van der Waals surface area (Å²) in [5.74, 6) is -0.609. The van der Waals surface area contributed by atoms with Gasteiger partial charge in [-0.15, -0.1) is 0 Å². The third-order valence-corrected chi connectivity index (χ3v) is 5.44. The van der Waals surface area contributed by atoms with E-state index >= 15 is 0 Å². The average molecular weight is 356 g/mol. The molecule has 0 aromatic heterocycles. The summed E-state index contributed by atoms with van der Waals surface area (Å²) in [6.45, 7) is 2.80. The van der Waals surface area contributed by atoms with Gasteiger partial charge in [-0.25, -0.2) is 8.78 Å². The SMILES string of the molecule is O=C(c1ccccc1)N1C[C@H]2CC[C@@H](C1)N(Cc1cc(F)cc(F)c1)C2. The molecule has 5 heteroatoms. The lowest BCUT2D eigenvalue weighted by molar-refractivity contribution is 0.0736. The summed E-state index contributed by atoms with van der Waals surface area (Å²) < 4.78 is 27.0. The van der Waals surface area contributed by atoms with Crippen LogP contribution in [0.2, 0.25) is 0 Å². The van der Waals surface area contributed by atoms with Crippen molar-refractivity contribution in [3.8, 4) is 0 Å². The molecule has 2 aromatic rings. The van der Waals surface area contributed by atoms with Crippen LogP contribution in [0.3, 0.4) is 0 Å². The van der Waals surface area contributed by atoms with Crippen molar-refractivity contribution in [3.05, 3.63) is 71.3 Å². The maximum Gasteiger partial charge on any atom is 0.253 e. The number of amides is 1. The number of halogens is 2. The number of hydrogen-bond donors (Lipinski definition) is 0. The van der Waals surface area contributed by atoms with E-state index in [2.05, 4.69) is 4.90 Å². The Morgan fingerprint density at radius 1 is 0.962 bits per heavy atom. The number of carbonyl (C=O) groups is 1. The van der Waals surface area contributed by atoms with Gasteiger partial charge >= 0.3 is 0 Å². The number of fused-ring (bicyclic) bond motifs is 4. The maximum atomic E-state index is 13.5. The molecule has 0 spiro atoms. The summed E-state index contributed by atoms with van der Waals surface area (Å²) in [7, 11) is 0. The monoisotopic (exact) mass is 356 g/mol. The van der Waals surface area contributed by atoms with Crippen LogP contribution in [0.15, 0.2) is 48.5 Å². The van der Waals surface area contributed by atoms with Crippen LogP contribution in [0.25, 0.3) is 0 Å². The molecular formula is C21H22F2N2O. The van der Waals surface area contributed by atoms with Crippen LogP contribution in [-0.4, -0.2) is 41.4 Å². The summed E-state index contributed by atoms with van der Waals surface area (Å²) in [6, 6.07) is 13.3. The highest BCUT2D eigenvalue weighted by atomic mass is 19.1. The predicted molar refractivity (Wildman–Crippen MR) is 95.6 cm³/mol. The molecule has 2 atom stereocenters. The van der Waals surface area contributed by atoms with Crippen LogP contribution in [-0.2, 0) is 6.54 Å². The second-order valence-corrected chi connectivity index (χ2v) is 7.38. The Morgan fingerprint density at radius 3 is 2.42 bits per heavy atom. The van der Waals surface area contributed by atoms with E-state index in [9.17, 15) is 13.6 Å². The van der Waals surface area contributed by atoms with Crippen LogP contribution in [0, 0.1) is 17.6 Å². The highest BCUT2D eigenvalue weighted by Crippen LogP contribution is 2.30. The van der Waals surface area contributed by atoms with Crippen molar-refractivity contribution < 1.29 is 13.6 Å². The Morgan fingerprint density at radius 2 is 1.69 bits per heavy atom. The van der Waals surface area contributed by atoms with Gasteiger partial charge in [0.2, 0.25) is 0 Å². The minimum absolute atomic E-state index is 0.0705. The zero-order chi connectivity index (χ0) is 18.1. The smallest absolute Gasteiger partial charge is 0.253 e. The Labute approximate surface area is 152 Å². The molecule has 136 valence electrons. The first kappa shape index (κ1) is 17.2. The number of rotatable bonds is 3. The zero-order valence-corrected chi connectivity index (χ0v) is 14.6. The fraction of sp³-hybridized carbons (Fsp3) is 0.381. The minimum Gasteiger partial charge on any atom is -0.337 e. The van der Waals surface area contributed by atoms with Crippen molar-refractivity contribution in [2.24, 2.45) is 5.92 Å². The molecule has 3 heterocycles. The first-order chi connectivity index (χ1) is 12.6. The van der Waals surface area contributed by atoms with Crippen LogP contribution in [0.1, 0.15) is 28.8 Å². The Kier molecular flexibility index (Phi) is 4.72. The quantitative estimate of drug-likeness (QED) is 0.837. The molecule has 0 saturated carbocycles. The number of nitrogens with zero attached hydrogens (tertiary/aromatic N) is 2. The van der Waals surface area contributed by atoms with Crippen molar-refractivity contribution in [1.82, 2.24) is 9.80 Å². The normalized spacial score (nSPS) is 23.1. The molecule has 2 bridgehead atoms. The van der Waals surface area contributed by atoms with Gasteiger partial charge in [-0.2, -0.15) is 0 Å². The number of carbonyl (C=O) groups excluding carboxylic acids is 1. The largest absolute Gasteiger partial charge is 0.337 e. The first-order valence-electron chi connectivity index (χ1n) is 9.12. The van der Waals surface area contributed by atoms with E-state index in [1.54, 1.807) is 0 Å². The van der Waals surface area contributed by atoms with E-state index in [0.717, 1.165) is 32.0 Å². The molecule has 3 fully saturated rings. The average Bonchev–Trinajstić information content (AvgIpc) is 2.93. The second kappa shape index (κ2) is 7.16. The van der Waals surface area contributed by atoms with Crippen molar-refractivity contribution in [3.63, 3.8) is 0 Å². The Hall–Kier alpha value is -2.27. The summed E-state index contributed by atoms with van der Waals surface area (Å²) in [6.07, 6.45) is 2.11. The van der Waals surface area contributed by atoms with Gasteiger partial charge in [0.15, 0.2) is 0 Å². The molecule has 0 aliphatic carbocycles. The highest BCUT2D eigenvalue weighted by Gasteiger charge is 2.36.